The van der Waals surface area contributed by atoms with Crippen molar-refractivity contribution in [3.63, 3.8) is 0 Å². The van der Waals surface area contributed by atoms with Gasteiger partial charge in [0.2, 0.25) is 0 Å². The summed E-state index contributed by atoms with van der Waals surface area (Å²) in [6, 6.07) is 8.17. The Kier molecular flexibility index (Phi) is 3.31. The third-order valence-electron chi connectivity index (χ3n) is 3.20. The summed E-state index contributed by atoms with van der Waals surface area (Å²) < 4.78 is 0. The van der Waals surface area contributed by atoms with Crippen LogP contribution in [0.15, 0.2) is 24.3 Å². The number of rotatable bonds is 1. The van der Waals surface area contributed by atoms with E-state index in [9.17, 15) is 5.11 Å². The van der Waals surface area contributed by atoms with Gasteiger partial charge in [-0.05, 0) is 37.5 Å². The number of hydrogen-bond acceptors (Lipinski definition) is 1. The molecule has 84 valence electrons. The molecule has 0 spiro atoms. The van der Waals surface area contributed by atoms with Gasteiger partial charge in [-0.3, -0.25) is 0 Å². The van der Waals surface area contributed by atoms with Crippen LogP contribution >= 0.6 is 0 Å². The maximum atomic E-state index is 10.1. The Labute approximate surface area is 97.5 Å². The van der Waals surface area contributed by atoms with E-state index in [4.69, 9.17) is 0 Å². The first kappa shape index (κ1) is 11.2. The van der Waals surface area contributed by atoms with Crippen LogP contribution < -0.4 is 0 Å². The van der Waals surface area contributed by atoms with Crippen LogP contribution in [0.2, 0.25) is 0 Å². The molecule has 1 aromatic rings. The molecule has 1 aliphatic rings. The standard InChI is InChI=1S/C15H18O/c1-13-6-4-7-14(12-13)8-5-11-15(16)9-2-3-10-15/h4,6-7,12,16H,2-3,9-11H2,1H3. The molecule has 1 heteroatoms. The highest BCUT2D eigenvalue weighted by atomic mass is 16.3. The van der Waals surface area contributed by atoms with E-state index in [0.29, 0.717) is 6.42 Å². The second-order valence-electron chi connectivity index (χ2n) is 4.78. The summed E-state index contributed by atoms with van der Waals surface area (Å²) in [7, 11) is 0. The van der Waals surface area contributed by atoms with Crippen LogP contribution in [0, 0.1) is 18.8 Å². The van der Waals surface area contributed by atoms with Gasteiger partial charge < -0.3 is 5.11 Å². The fourth-order valence-electron chi connectivity index (χ4n) is 2.24. The normalized spacial score (nSPS) is 17.9. The Bertz CT molecular complexity index is 417. The molecule has 1 fully saturated rings. The molecular weight excluding hydrogens is 196 g/mol. The summed E-state index contributed by atoms with van der Waals surface area (Å²) in [6.45, 7) is 2.07. The lowest BCUT2D eigenvalue weighted by Crippen LogP contribution is -2.22. The second-order valence-corrected chi connectivity index (χ2v) is 4.78. The number of aryl methyl sites for hydroxylation is 1. The number of aliphatic hydroxyl groups is 1. The van der Waals surface area contributed by atoms with E-state index in [2.05, 4.69) is 30.9 Å². The van der Waals surface area contributed by atoms with E-state index in [1.165, 1.54) is 5.56 Å². The van der Waals surface area contributed by atoms with Crippen LogP contribution in [0.4, 0.5) is 0 Å². The zero-order chi connectivity index (χ0) is 11.4. The summed E-state index contributed by atoms with van der Waals surface area (Å²) in [5, 5.41) is 10.1. The minimum atomic E-state index is -0.503. The smallest absolute Gasteiger partial charge is 0.0756 e. The lowest BCUT2D eigenvalue weighted by Gasteiger charge is -2.17. The zero-order valence-corrected chi connectivity index (χ0v) is 9.79. The Morgan fingerprint density at radius 1 is 1.31 bits per heavy atom. The van der Waals surface area contributed by atoms with Crippen LogP contribution in [0.3, 0.4) is 0 Å². The van der Waals surface area contributed by atoms with Gasteiger partial charge in [-0.2, -0.15) is 0 Å². The highest BCUT2D eigenvalue weighted by Crippen LogP contribution is 2.31. The summed E-state index contributed by atoms with van der Waals surface area (Å²) in [6.07, 6.45) is 4.72. The van der Waals surface area contributed by atoms with Gasteiger partial charge in [0.1, 0.15) is 0 Å². The Balaban J connectivity index is 2.00. The third kappa shape index (κ3) is 2.87. The molecule has 1 nitrogen and oxygen atoms in total. The number of hydrogen-bond donors (Lipinski definition) is 1. The molecule has 0 radical (unpaired) electrons. The molecule has 0 unspecified atom stereocenters. The van der Waals surface area contributed by atoms with Crippen molar-refractivity contribution in [2.75, 3.05) is 0 Å². The molecule has 1 aliphatic carbocycles. The molecule has 2 rings (SSSR count). The molecule has 1 aromatic carbocycles. The molecule has 0 amide bonds. The van der Waals surface area contributed by atoms with Crippen LogP contribution in [0.25, 0.3) is 0 Å². The minimum Gasteiger partial charge on any atom is -0.389 e. The Morgan fingerprint density at radius 3 is 2.75 bits per heavy atom. The lowest BCUT2D eigenvalue weighted by molar-refractivity contribution is 0.0532. The summed E-state index contributed by atoms with van der Waals surface area (Å²) in [5.41, 5.74) is 1.77. The van der Waals surface area contributed by atoms with Crippen molar-refractivity contribution in [3.8, 4) is 11.8 Å². The zero-order valence-electron chi connectivity index (χ0n) is 9.79. The monoisotopic (exact) mass is 214 g/mol. The van der Waals surface area contributed by atoms with Gasteiger partial charge in [0.25, 0.3) is 0 Å². The number of benzene rings is 1. The van der Waals surface area contributed by atoms with Gasteiger partial charge in [-0.25, -0.2) is 0 Å². The molecule has 0 aliphatic heterocycles. The molecule has 0 aromatic heterocycles. The molecule has 0 bridgehead atoms. The molecule has 1 saturated carbocycles. The van der Waals surface area contributed by atoms with Gasteiger partial charge in [0.15, 0.2) is 0 Å². The largest absolute Gasteiger partial charge is 0.389 e. The first-order valence-electron chi connectivity index (χ1n) is 5.96. The third-order valence-corrected chi connectivity index (χ3v) is 3.20. The molecule has 0 saturated heterocycles. The van der Waals surface area contributed by atoms with Gasteiger partial charge in [0, 0.05) is 12.0 Å². The summed E-state index contributed by atoms with van der Waals surface area (Å²) >= 11 is 0. The predicted octanol–water partition coefficient (Wildman–Crippen LogP) is 3.04. The van der Waals surface area contributed by atoms with Crippen molar-refractivity contribution in [1.82, 2.24) is 0 Å². The molecule has 0 heterocycles. The van der Waals surface area contributed by atoms with E-state index in [1.807, 2.05) is 12.1 Å². The summed E-state index contributed by atoms with van der Waals surface area (Å²) in [4.78, 5) is 0. The maximum absolute atomic E-state index is 10.1. The van der Waals surface area contributed by atoms with Crippen LogP contribution in [0.5, 0.6) is 0 Å². The highest BCUT2D eigenvalue weighted by molar-refractivity contribution is 5.36. The van der Waals surface area contributed by atoms with Crippen LogP contribution in [0.1, 0.15) is 43.2 Å². The van der Waals surface area contributed by atoms with Crippen molar-refractivity contribution in [1.29, 1.82) is 0 Å². The van der Waals surface area contributed by atoms with Crippen molar-refractivity contribution in [3.05, 3.63) is 35.4 Å². The van der Waals surface area contributed by atoms with Gasteiger partial charge >= 0.3 is 0 Å². The van der Waals surface area contributed by atoms with E-state index < -0.39 is 5.60 Å². The molecule has 16 heavy (non-hydrogen) atoms. The minimum absolute atomic E-state index is 0.503. The maximum Gasteiger partial charge on any atom is 0.0756 e. The first-order valence-corrected chi connectivity index (χ1v) is 5.96. The molecule has 0 atom stereocenters. The summed E-state index contributed by atoms with van der Waals surface area (Å²) in [5.74, 6) is 6.24. The predicted molar refractivity (Wildman–Crippen MR) is 66.1 cm³/mol. The second kappa shape index (κ2) is 4.72. The van der Waals surface area contributed by atoms with Crippen molar-refractivity contribution >= 4 is 0 Å². The van der Waals surface area contributed by atoms with E-state index >= 15 is 0 Å². The Hall–Kier alpha value is -1.26. The topological polar surface area (TPSA) is 20.2 Å². The molecular formula is C15H18O. The quantitative estimate of drug-likeness (QED) is 0.712. The highest BCUT2D eigenvalue weighted by Gasteiger charge is 2.29. The average Bonchev–Trinajstić information content (AvgIpc) is 2.65. The average molecular weight is 214 g/mol. The molecule has 1 N–H and O–H groups in total. The van der Waals surface area contributed by atoms with Gasteiger partial charge in [0.05, 0.1) is 5.60 Å². The lowest BCUT2D eigenvalue weighted by atomic mass is 9.98. The van der Waals surface area contributed by atoms with Crippen LogP contribution in [-0.4, -0.2) is 10.7 Å². The van der Waals surface area contributed by atoms with Crippen molar-refractivity contribution < 1.29 is 5.11 Å². The van der Waals surface area contributed by atoms with Crippen LogP contribution in [-0.2, 0) is 0 Å². The SMILES string of the molecule is Cc1cccc(C#CCC2(O)CCCC2)c1. The van der Waals surface area contributed by atoms with Crippen molar-refractivity contribution in [2.45, 2.75) is 44.6 Å². The van der Waals surface area contributed by atoms with E-state index in [1.54, 1.807) is 0 Å². The van der Waals surface area contributed by atoms with Crippen molar-refractivity contribution in [2.24, 2.45) is 0 Å². The first-order chi connectivity index (χ1) is 7.68. The van der Waals surface area contributed by atoms with Gasteiger partial charge in [-0.15, -0.1) is 0 Å². The van der Waals surface area contributed by atoms with E-state index in [-0.39, 0.29) is 0 Å². The van der Waals surface area contributed by atoms with E-state index in [0.717, 1.165) is 31.2 Å². The fourth-order valence-corrected chi connectivity index (χ4v) is 2.24. The fraction of sp³-hybridized carbons (Fsp3) is 0.467. The Morgan fingerprint density at radius 2 is 2.06 bits per heavy atom. The van der Waals surface area contributed by atoms with Gasteiger partial charge in [-0.1, -0.05) is 36.8 Å².